The molecule has 0 aliphatic rings. The molecule has 8 heteroatoms. The molecule has 2 rings (SSSR count). The van der Waals surface area contributed by atoms with E-state index >= 15 is 0 Å². The first-order valence-corrected chi connectivity index (χ1v) is 8.61. The second-order valence-electron chi connectivity index (χ2n) is 6.01. The molecule has 3 amide bonds. The zero-order chi connectivity index (χ0) is 19.8. The van der Waals surface area contributed by atoms with Crippen molar-refractivity contribution in [1.82, 2.24) is 4.90 Å². The Morgan fingerprint density at radius 2 is 1.37 bits per heavy atom. The maximum atomic E-state index is 12.1. The van der Waals surface area contributed by atoms with Crippen LogP contribution in [-0.4, -0.2) is 42.8 Å². The number of hydrogen-bond acceptors (Lipinski definition) is 4. The highest BCUT2D eigenvalue weighted by Gasteiger charge is 2.12. The highest BCUT2D eigenvalue weighted by atomic mass is 35.5. The van der Waals surface area contributed by atoms with Crippen molar-refractivity contribution < 1.29 is 14.4 Å². The van der Waals surface area contributed by atoms with E-state index in [1.54, 1.807) is 60.5 Å². The van der Waals surface area contributed by atoms with E-state index in [0.717, 1.165) is 0 Å². The number of likely N-dealkylation sites (N-methyl/N-ethyl adjacent to an activating group) is 1. The van der Waals surface area contributed by atoms with Gasteiger partial charge in [0.1, 0.15) is 0 Å². The lowest BCUT2D eigenvalue weighted by atomic mass is 10.2. The van der Waals surface area contributed by atoms with Gasteiger partial charge in [0.15, 0.2) is 0 Å². The number of nitrogens with zero attached hydrogens (tertiary/aromatic N) is 1. The van der Waals surface area contributed by atoms with Crippen LogP contribution in [0.15, 0.2) is 48.5 Å². The van der Waals surface area contributed by atoms with Crippen molar-refractivity contribution in [3.8, 4) is 0 Å². The van der Waals surface area contributed by atoms with Gasteiger partial charge in [-0.2, -0.15) is 0 Å². The van der Waals surface area contributed by atoms with Crippen LogP contribution in [-0.2, 0) is 14.4 Å². The number of halogens is 1. The van der Waals surface area contributed by atoms with Crippen LogP contribution in [0.3, 0.4) is 0 Å². The molecule has 2 aromatic rings. The summed E-state index contributed by atoms with van der Waals surface area (Å²) in [5.41, 5.74) is 1.78. The van der Waals surface area contributed by atoms with Gasteiger partial charge >= 0.3 is 0 Å². The molecule has 0 heterocycles. The average Bonchev–Trinajstić information content (AvgIpc) is 2.58. The summed E-state index contributed by atoms with van der Waals surface area (Å²) in [6.07, 6.45) is 0. The molecule has 0 atom stereocenters. The minimum absolute atomic E-state index is 0.0418. The lowest BCUT2D eigenvalue weighted by Crippen LogP contribution is -2.36. The summed E-state index contributed by atoms with van der Waals surface area (Å²) in [6, 6.07) is 13.7. The van der Waals surface area contributed by atoms with Crippen LogP contribution in [0.2, 0.25) is 5.02 Å². The number of para-hydroxylation sites is 1. The smallest absolute Gasteiger partial charge is 0.238 e. The molecule has 2 aromatic carbocycles. The molecule has 0 aliphatic heterocycles. The van der Waals surface area contributed by atoms with Gasteiger partial charge in [-0.05, 0) is 43.4 Å². The van der Waals surface area contributed by atoms with E-state index in [1.807, 2.05) is 0 Å². The van der Waals surface area contributed by atoms with E-state index in [4.69, 9.17) is 11.6 Å². The summed E-state index contributed by atoms with van der Waals surface area (Å²) in [5.74, 6) is -0.683. The second-order valence-corrected chi connectivity index (χ2v) is 6.41. The summed E-state index contributed by atoms with van der Waals surface area (Å²) in [7, 11) is 1.67. The van der Waals surface area contributed by atoms with Gasteiger partial charge in [0.25, 0.3) is 0 Å². The molecule has 0 spiro atoms. The first kappa shape index (κ1) is 20.4. The van der Waals surface area contributed by atoms with Crippen LogP contribution in [0.4, 0.5) is 17.1 Å². The van der Waals surface area contributed by atoms with Gasteiger partial charge in [-0.15, -0.1) is 0 Å². The zero-order valence-electron chi connectivity index (χ0n) is 15.1. The van der Waals surface area contributed by atoms with Crippen LogP contribution >= 0.6 is 11.6 Å². The quantitative estimate of drug-likeness (QED) is 0.680. The Kier molecular flexibility index (Phi) is 7.34. The van der Waals surface area contributed by atoms with Crippen LogP contribution in [0, 0.1) is 0 Å². The Bertz CT molecular complexity index is 824. The third-order valence-corrected chi connectivity index (χ3v) is 3.79. The number of amides is 3. The Hall–Kier alpha value is -2.90. The topological polar surface area (TPSA) is 90.5 Å². The number of carbonyl (C=O) groups excluding carboxylic acids is 3. The molecule has 0 aromatic heterocycles. The van der Waals surface area contributed by atoms with Gasteiger partial charge in [0.2, 0.25) is 17.7 Å². The summed E-state index contributed by atoms with van der Waals surface area (Å²) >= 11 is 6.00. The van der Waals surface area contributed by atoms with Gasteiger partial charge in [-0.3, -0.25) is 19.3 Å². The van der Waals surface area contributed by atoms with E-state index in [0.29, 0.717) is 22.1 Å². The fourth-order valence-corrected chi connectivity index (χ4v) is 2.52. The van der Waals surface area contributed by atoms with Crippen molar-refractivity contribution in [2.45, 2.75) is 6.92 Å². The van der Waals surface area contributed by atoms with Crippen molar-refractivity contribution in [1.29, 1.82) is 0 Å². The van der Waals surface area contributed by atoms with E-state index in [-0.39, 0.29) is 30.8 Å². The molecule has 27 heavy (non-hydrogen) atoms. The van der Waals surface area contributed by atoms with Crippen molar-refractivity contribution in [3.05, 3.63) is 53.6 Å². The van der Waals surface area contributed by atoms with Crippen LogP contribution in [0.25, 0.3) is 0 Å². The van der Waals surface area contributed by atoms with E-state index < -0.39 is 0 Å². The first-order valence-electron chi connectivity index (χ1n) is 8.24. The number of rotatable bonds is 7. The Labute approximate surface area is 162 Å². The molecular weight excluding hydrogens is 368 g/mol. The van der Waals surface area contributed by atoms with Gasteiger partial charge < -0.3 is 16.0 Å². The van der Waals surface area contributed by atoms with Gasteiger partial charge in [-0.1, -0.05) is 23.7 Å². The van der Waals surface area contributed by atoms with Crippen molar-refractivity contribution >= 4 is 46.4 Å². The first-order chi connectivity index (χ1) is 12.8. The standard InChI is InChI=1S/C19H21ClN4O3/c1-13(25)21-14-7-9-15(10-8-14)22-18(26)11-24(2)12-19(27)23-17-6-4-3-5-16(17)20/h3-10H,11-12H2,1-2H3,(H,21,25)(H,22,26)(H,23,27). The molecule has 0 bridgehead atoms. The predicted molar refractivity (Wildman–Crippen MR) is 107 cm³/mol. The van der Waals surface area contributed by atoms with Crippen molar-refractivity contribution in [2.24, 2.45) is 0 Å². The molecule has 0 radical (unpaired) electrons. The minimum Gasteiger partial charge on any atom is -0.326 e. The van der Waals surface area contributed by atoms with Gasteiger partial charge in [0, 0.05) is 18.3 Å². The average molecular weight is 389 g/mol. The number of benzene rings is 2. The third kappa shape index (κ3) is 7.08. The largest absolute Gasteiger partial charge is 0.326 e. The minimum atomic E-state index is -0.266. The molecule has 0 saturated heterocycles. The summed E-state index contributed by atoms with van der Waals surface area (Å²) in [6.45, 7) is 1.51. The van der Waals surface area contributed by atoms with Gasteiger partial charge in [0.05, 0.1) is 23.8 Å². The Balaban J connectivity index is 1.80. The maximum absolute atomic E-state index is 12.1. The van der Waals surface area contributed by atoms with E-state index in [1.165, 1.54) is 6.92 Å². The molecule has 3 N–H and O–H groups in total. The van der Waals surface area contributed by atoms with Crippen molar-refractivity contribution in [2.75, 3.05) is 36.1 Å². The monoisotopic (exact) mass is 388 g/mol. The van der Waals surface area contributed by atoms with Gasteiger partial charge in [-0.25, -0.2) is 0 Å². The van der Waals surface area contributed by atoms with Crippen LogP contribution < -0.4 is 16.0 Å². The fraction of sp³-hybridized carbons (Fsp3) is 0.211. The number of carbonyl (C=O) groups is 3. The second kappa shape index (κ2) is 9.70. The number of hydrogen-bond donors (Lipinski definition) is 3. The highest BCUT2D eigenvalue weighted by Crippen LogP contribution is 2.20. The lowest BCUT2D eigenvalue weighted by molar-refractivity contribution is -0.119. The fourth-order valence-electron chi connectivity index (χ4n) is 2.34. The summed E-state index contributed by atoms with van der Waals surface area (Å²) in [4.78, 5) is 36.8. The number of nitrogens with one attached hydrogen (secondary N) is 3. The third-order valence-electron chi connectivity index (χ3n) is 3.46. The Morgan fingerprint density at radius 3 is 1.93 bits per heavy atom. The molecule has 0 fully saturated rings. The van der Waals surface area contributed by atoms with E-state index in [9.17, 15) is 14.4 Å². The lowest BCUT2D eigenvalue weighted by Gasteiger charge is -2.16. The van der Waals surface area contributed by atoms with Crippen LogP contribution in [0.1, 0.15) is 6.92 Å². The van der Waals surface area contributed by atoms with E-state index in [2.05, 4.69) is 16.0 Å². The zero-order valence-corrected chi connectivity index (χ0v) is 15.8. The maximum Gasteiger partial charge on any atom is 0.238 e. The summed E-state index contributed by atoms with van der Waals surface area (Å²) in [5, 5.41) is 8.55. The highest BCUT2D eigenvalue weighted by molar-refractivity contribution is 6.33. The predicted octanol–water partition coefficient (Wildman–Crippen LogP) is 2.81. The normalized spacial score (nSPS) is 10.4. The molecule has 0 saturated carbocycles. The molecule has 7 nitrogen and oxygen atoms in total. The Morgan fingerprint density at radius 1 is 0.852 bits per heavy atom. The molecular formula is C19H21ClN4O3. The van der Waals surface area contributed by atoms with Crippen LogP contribution in [0.5, 0.6) is 0 Å². The number of anilines is 3. The SMILES string of the molecule is CC(=O)Nc1ccc(NC(=O)CN(C)CC(=O)Nc2ccccc2Cl)cc1. The molecule has 0 aliphatic carbocycles. The molecule has 0 unspecified atom stereocenters. The summed E-state index contributed by atoms with van der Waals surface area (Å²) < 4.78 is 0. The van der Waals surface area contributed by atoms with Crippen molar-refractivity contribution in [3.63, 3.8) is 0 Å². The molecule has 142 valence electrons.